The lowest BCUT2D eigenvalue weighted by atomic mass is 9.63. The highest BCUT2D eigenvalue weighted by Gasteiger charge is 2.47. The maximum absolute atomic E-state index is 14.0. The smallest absolute Gasteiger partial charge is 0.254 e. The number of nitrogens with two attached hydrogens (primary N) is 1. The standard InChI is InChI=1S/C34H45Cl2N3O6/c1-42-28-19-23(20-29(43-2)30(28)44-3)31(40)39-17-18-45-34(22-39,25-9-10-26(35)27(36)21-25)13-16-38-14-11-33(12-15-38,32(37)41)24-7-5-4-6-8-24/h9-10,19-21,24H,4-8,11-18,22H2,1-3H3,(H2,37,41)/t34-/m0/s1. The summed E-state index contributed by atoms with van der Waals surface area (Å²) in [6.45, 7) is 3.41. The number of amides is 2. The van der Waals surface area contributed by atoms with E-state index in [2.05, 4.69) is 4.90 Å². The number of benzene rings is 2. The minimum absolute atomic E-state index is 0.141. The SMILES string of the molecule is COc1cc(C(=O)N2CCO[C@](CCN3CCC(C(N)=O)(C4CCCCC4)CC3)(c3ccc(Cl)c(Cl)c3)C2)cc(OC)c1OC. The molecular weight excluding hydrogens is 617 g/mol. The maximum Gasteiger partial charge on any atom is 0.254 e. The van der Waals surface area contributed by atoms with E-state index in [4.69, 9.17) is 47.9 Å². The lowest BCUT2D eigenvalue weighted by Crippen LogP contribution is -2.54. The molecule has 0 spiro atoms. The Bertz CT molecular complexity index is 1350. The van der Waals surface area contributed by atoms with Crippen molar-refractivity contribution in [1.82, 2.24) is 9.80 Å². The molecule has 2 N–H and O–H groups in total. The van der Waals surface area contributed by atoms with Crippen molar-refractivity contribution in [3.63, 3.8) is 0 Å². The Labute approximate surface area is 276 Å². The Kier molecular flexibility index (Phi) is 10.7. The van der Waals surface area contributed by atoms with Crippen LogP contribution in [0.5, 0.6) is 17.2 Å². The first-order chi connectivity index (χ1) is 21.7. The lowest BCUT2D eigenvalue weighted by Gasteiger charge is -2.47. The van der Waals surface area contributed by atoms with E-state index in [9.17, 15) is 9.59 Å². The number of rotatable bonds is 10. The van der Waals surface area contributed by atoms with Crippen molar-refractivity contribution in [2.75, 3.05) is 60.7 Å². The molecule has 3 fully saturated rings. The van der Waals surface area contributed by atoms with Gasteiger partial charge in [-0.15, -0.1) is 0 Å². The number of piperidine rings is 1. The Morgan fingerprint density at radius 1 is 0.933 bits per heavy atom. The summed E-state index contributed by atoms with van der Waals surface area (Å²) in [7, 11) is 4.58. The molecule has 0 bridgehead atoms. The summed E-state index contributed by atoms with van der Waals surface area (Å²) in [6.07, 6.45) is 7.96. The zero-order chi connectivity index (χ0) is 32.2. The summed E-state index contributed by atoms with van der Waals surface area (Å²) in [5.74, 6) is 1.32. The van der Waals surface area contributed by atoms with Crippen LogP contribution < -0.4 is 19.9 Å². The Morgan fingerprint density at radius 2 is 1.60 bits per heavy atom. The second kappa shape index (κ2) is 14.4. The molecule has 2 saturated heterocycles. The molecule has 2 aromatic carbocycles. The van der Waals surface area contributed by atoms with Gasteiger partial charge in [0, 0.05) is 18.7 Å². The number of ether oxygens (including phenoxy) is 4. The van der Waals surface area contributed by atoms with Crippen molar-refractivity contribution >= 4 is 35.0 Å². The van der Waals surface area contributed by atoms with Crippen LogP contribution in [0, 0.1) is 11.3 Å². The minimum atomic E-state index is -0.815. The van der Waals surface area contributed by atoms with Crippen molar-refractivity contribution in [3.8, 4) is 17.2 Å². The second-order valence-electron chi connectivity index (χ2n) is 12.6. The van der Waals surface area contributed by atoms with Crippen LogP contribution in [0.1, 0.15) is 67.3 Å². The van der Waals surface area contributed by atoms with E-state index in [1.807, 2.05) is 17.0 Å². The third-order valence-corrected chi connectivity index (χ3v) is 11.0. The van der Waals surface area contributed by atoms with Gasteiger partial charge in [-0.05, 0) is 80.9 Å². The summed E-state index contributed by atoms with van der Waals surface area (Å²) >= 11 is 12.8. The van der Waals surface area contributed by atoms with E-state index < -0.39 is 11.0 Å². The summed E-state index contributed by atoms with van der Waals surface area (Å²) in [4.78, 5) is 31.0. The predicted octanol–water partition coefficient (Wildman–Crippen LogP) is 5.93. The molecule has 1 saturated carbocycles. The van der Waals surface area contributed by atoms with Gasteiger partial charge in [0.2, 0.25) is 11.7 Å². The van der Waals surface area contributed by atoms with Gasteiger partial charge in [-0.3, -0.25) is 9.59 Å². The summed E-state index contributed by atoms with van der Waals surface area (Å²) in [5, 5.41) is 0.889. The topological polar surface area (TPSA) is 104 Å². The van der Waals surface area contributed by atoms with Gasteiger partial charge in [-0.25, -0.2) is 0 Å². The van der Waals surface area contributed by atoms with Gasteiger partial charge in [-0.2, -0.15) is 0 Å². The molecule has 3 aliphatic rings. The van der Waals surface area contributed by atoms with Crippen LogP contribution >= 0.6 is 23.2 Å². The monoisotopic (exact) mass is 661 g/mol. The number of hydrogen-bond acceptors (Lipinski definition) is 7. The van der Waals surface area contributed by atoms with Gasteiger partial charge in [0.1, 0.15) is 5.60 Å². The highest BCUT2D eigenvalue weighted by Crippen LogP contribution is 2.46. The van der Waals surface area contributed by atoms with Gasteiger partial charge < -0.3 is 34.5 Å². The van der Waals surface area contributed by atoms with Gasteiger partial charge in [-0.1, -0.05) is 48.5 Å². The Hall–Kier alpha value is -2.72. The normalized spacial score (nSPS) is 22.6. The van der Waals surface area contributed by atoms with E-state index in [1.54, 1.807) is 18.2 Å². The van der Waals surface area contributed by atoms with Gasteiger partial charge in [0.15, 0.2) is 11.5 Å². The van der Waals surface area contributed by atoms with Gasteiger partial charge in [0.05, 0.1) is 49.9 Å². The summed E-state index contributed by atoms with van der Waals surface area (Å²) in [5.41, 5.74) is 6.14. The molecule has 2 aromatic rings. The maximum atomic E-state index is 14.0. The van der Waals surface area contributed by atoms with Crippen LogP contribution in [0.3, 0.4) is 0 Å². The number of nitrogens with zero attached hydrogens (tertiary/aromatic N) is 2. The molecule has 0 unspecified atom stereocenters. The third kappa shape index (κ3) is 6.87. The van der Waals surface area contributed by atoms with Crippen LogP contribution in [0.2, 0.25) is 10.0 Å². The molecule has 0 aromatic heterocycles. The Morgan fingerprint density at radius 3 is 2.18 bits per heavy atom. The largest absolute Gasteiger partial charge is 0.493 e. The number of carbonyl (C=O) groups excluding carboxylic acids is 2. The van der Waals surface area contributed by atoms with Crippen LogP contribution in [0.4, 0.5) is 0 Å². The molecule has 11 heteroatoms. The molecule has 2 heterocycles. The number of primary amides is 1. The van der Waals surface area contributed by atoms with E-state index >= 15 is 0 Å². The quantitative estimate of drug-likeness (QED) is 0.337. The Balaban J connectivity index is 1.37. The van der Waals surface area contributed by atoms with Crippen molar-refractivity contribution in [2.45, 2.75) is 57.0 Å². The molecule has 246 valence electrons. The summed E-state index contributed by atoms with van der Waals surface area (Å²) < 4.78 is 23.0. The first-order valence-corrected chi connectivity index (χ1v) is 16.6. The highest BCUT2D eigenvalue weighted by molar-refractivity contribution is 6.42. The average molecular weight is 663 g/mol. The van der Waals surface area contributed by atoms with E-state index in [0.29, 0.717) is 64.9 Å². The fraction of sp³-hybridized carbons (Fsp3) is 0.588. The number of carbonyl (C=O) groups is 2. The number of halogens is 2. The second-order valence-corrected chi connectivity index (χ2v) is 13.4. The van der Waals surface area contributed by atoms with Crippen molar-refractivity contribution in [1.29, 1.82) is 0 Å². The zero-order valence-electron chi connectivity index (χ0n) is 26.5. The molecule has 1 atom stereocenters. The molecule has 2 amide bonds. The molecule has 45 heavy (non-hydrogen) atoms. The summed E-state index contributed by atoms with van der Waals surface area (Å²) in [6, 6.07) is 8.89. The first kappa shape index (κ1) is 33.6. The molecule has 1 aliphatic carbocycles. The average Bonchev–Trinajstić information content (AvgIpc) is 3.08. The molecular formula is C34H45Cl2N3O6. The van der Waals surface area contributed by atoms with Crippen molar-refractivity contribution in [3.05, 3.63) is 51.5 Å². The number of morpholine rings is 1. The minimum Gasteiger partial charge on any atom is -0.493 e. The van der Waals surface area contributed by atoms with Crippen LogP contribution in [0.25, 0.3) is 0 Å². The van der Waals surface area contributed by atoms with E-state index in [-0.39, 0.29) is 11.8 Å². The third-order valence-electron chi connectivity index (χ3n) is 10.3. The molecule has 9 nitrogen and oxygen atoms in total. The van der Waals surface area contributed by atoms with Crippen LogP contribution in [0.15, 0.2) is 30.3 Å². The van der Waals surface area contributed by atoms with Gasteiger partial charge >= 0.3 is 0 Å². The van der Waals surface area contributed by atoms with Crippen LogP contribution in [-0.2, 0) is 15.1 Å². The van der Waals surface area contributed by atoms with Gasteiger partial charge in [0.25, 0.3) is 5.91 Å². The van der Waals surface area contributed by atoms with Crippen molar-refractivity contribution in [2.24, 2.45) is 17.1 Å². The fourth-order valence-electron chi connectivity index (χ4n) is 7.62. The number of likely N-dealkylation sites (tertiary alicyclic amines) is 1. The predicted molar refractivity (Wildman–Crippen MR) is 175 cm³/mol. The lowest BCUT2D eigenvalue weighted by molar-refractivity contribution is -0.137. The van der Waals surface area contributed by atoms with Crippen molar-refractivity contribution < 1.29 is 28.5 Å². The number of methoxy groups -OCH3 is 3. The highest BCUT2D eigenvalue weighted by atomic mass is 35.5. The number of hydrogen-bond donors (Lipinski definition) is 1. The first-order valence-electron chi connectivity index (χ1n) is 15.9. The van der Waals surface area contributed by atoms with E-state index in [1.165, 1.54) is 40.6 Å². The zero-order valence-corrected chi connectivity index (χ0v) is 28.1. The van der Waals surface area contributed by atoms with E-state index in [0.717, 1.165) is 50.9 Å². The fourth-order valence-corrected chi connectivity index (χ4v) is 7.92. The van der Waals surface area contributed by atoms with Crippen LogP contribution in [-0.4, -0.2) is 82.3 Å². The molecule has 2 aliphatic heterocycles. The molecule has 0 radical (unpaired) electrons. The molecule has 5 rings (SSSR count).